The van der Waals surface area contributed by atoms with Crippen molar-refractivity contribution in [3.63, 3.8) is 0 Å². The van der Waals surface area contributed by atoms with Crippen molar-refractivity contribution in [2.45, 2.75) is 32.7 Å². The lowest BCUT2D eigenvalue weighted by Crippen LogP contribution is -2.57. The molecule has 4 nitrogen and oxygen atoms in total. The monoisotopic (exact) mass is 354 g/mol. The molecular weight excluding hydrogens is 331 g/mol. The molecule has 0 aliphatic carbocycles. The number of amides is 2. The van der Waals surface area contributed by atoms with Crippen LogP contribution in [0, 0.1) is 12.7 Å². The second kappa shape index (κ2) is 7.68. The van der Waals surface area contributed by atoms with Gasteiger partial charge in [0.1, 0.15) is 11.9 Å². The van der Waals surface area contributed by atoms with Crippen LogP contribution in [0.2, 0.25) is 0 Å². The molecule has 0 N–H and O–H groups in total. The smallest absolute Gasteiger partial charge is 0.249 e. The zero-order valence-electron chi connectivity index (χ0n) is 15.1. The lowest BCUT2D eigenvalue weighted by Gasteiger charge is -2.39. The van der Waals surface area contributed by atoms with Crippen molar-refractivity contribution in [2.75, 3.05) is 18.0 Å². The number of carbonyl (C=O) groups excluding carboxylic acids is 2. The molecule has 136 valence electrons. The molecule has 2 aromatic carbocycles. The normalized spacial score (nSPS) is 17.5. The highest BCUT2D eigenvalue weighted by Crippen LogP contribution is 2.23. The minimum Gasteiger partial charge on any atom is -0.329 e. The Morgan fingerprint density at radius 1 is 1.15 bits per heavy atom. The predicted molar refractivity (Wildman–Crippen MR) is 99.4 cm³/mol. The molecule has 2 aromatic rings. The Morgan fingerprint density at radius 2 is 1.88 bits per heavy atom. The maximum absolute atomic E-state index is 13.8. The number of hydrogen-bond acceptors (Lipinski definition) is 2. The number of anilines is 1. The number of hydrogen-bond donors (Lipinski definition) is 0. The highest BCUT2D eigenvalue weighted by atomic mass is 19.1. The summed E-state index contributed by atoms with van der Waals surface area (Å²) in [5, 5.41) is 0. The van der Waals surface area contributed by atoms with Gasteiger partial charge in [-0.15, -0.1) is 0 Å². The van der Waals surface area contributed by atoms with E-state index in [9.17, 15) is 14.0 Å². The molecule has 3 rings (SSSR count). The van der Waals surface area contributed by atoms with Crippen LogP contribution in [-0.2, 0) is 16.0 Å². The van der Waals surface area contributed by atoms with E-state index in [-0.39, 0.29) is 17.6 Å². The standard InChI is InChI=1S/C21H23FN2O2/c1-15-8-10-18(14-19(15)22)24-13-12-23(16(2)21(24)26)20(25)11-9-17-6-4-3-5-7-17/h3-8,10,14,16H,9,11-13H2,1-2H3. The second-order valence-corrected chi connectivity index (χ2v) is 6.67. The topological polar surface area (TPSA) is 40.6 Å². The van der Waals surface area contributed by atoms with Gasteiger partial charge in [0.15, 0.2) is 0 Å². The summed E-state index contributed by atoms with van der Waals surface area (Å²) < 4.78 is 13.8. The van der Waals surface area contributed by atoms with Crippen molar-refractivity contribution in [3.8, 4) is 0 Å². The Hall–Kier alpha value is -2.69. The van der Waals surface area contributed by atoms with Crippen LogP contribution in [-0.4, -0.2) is 35.8 Å². The third-order valence-electron chi connectivity index (χ3n) is 4.91. The van der Waals surface area contributed by atoms with E-state index < -0.39 is 6.04 Å². The number of aryl methyl sites for hydroxylation is 2. The molecule has 2 amide bonds. The molecule has 1 aliphatic rings. The average Bonchev–Trinajstić information content (AvgIpc) is 2.65. The second-order valence-electron chi connectivity index (χ2n) is 6.67. The van der Waals surface area contributed by atoms with E-state index in [0.717, 1.165) is 5.56 Å². The number of piperazine rings is 1. The number of nitrogens with zero attached hydrogens (tertiary/aromatic N) is 2. The van der Waals surface area contributed by atoms with Crippen LogP contribution in [0.15, 0.2) is 48.5 Å². The highest BCUT2D eigenvalue weighted by Gasteiger charge is 2.34. The molecule has 26 heavy (non-hydrogen) atoms. The first-order valence-corrected chi connectivity index (χ1v) is 8.88. The number of halogens is 1. The lowest BCUT2D eigenvalue weighted by atomic mass is 10.1. The van der Waals surface area contributed by atoms with Gasteiger partial charge < -0.3 is 9.80 Å². The van der Waals surface area contributed by atoms with Crippen molar-refractivity contribution >= 4 is 17.5 Å². The van der Waals surface area contributed by atoms with Crippen molar-refractivity contribution in [1.29, 1.82) is 0 Å². The first-order chi connectivity index (χ1) is 12.5. The summed E-state index contributed by atoms with van der Waals surface area (Å²) in [5.74, 6) is -0.527. The minimum atomic E-state index is -0.545. The molecule has 1 aliphatic heterocycles. The van der Waals surface area contributed by atoms with E-state index in [2.05, 4.69) is 0 Å². The van der Waals surface area contributed by atoms with Gasteiger partial charge in [-0.1, -0.05) is 36.4 Å². The third-order valence-corrected chi connectivity index (χ3v) is 4.91. The van der Waals surface area contributed by atoms with Crippen molar-refractivity contribution in [2.24, 2.45) is 0 Å². The van der Waals surface area contributed by atoms with Gasteiger partial charge in [-0.05, 0) is 43.5 Å². The fraction of sp³-hybridized carbons (Fsp3) is 0.333. The summed E-state index contributed by atoms with van der Waals surface area (Å²) in [4.78, 5) is 28.5. The molecule has 0 radical (unpaired) electrons. The van der Waals surface area contributed by atoms with Crippen LogP contribution in [0.4, 0.5) is 10.1 Å². The first kappa shape index (κ1) is 18.1. The number of rotatable bonds is 4. The molecule has 1 atom stereocenters. The van der Waals surface area contributed by atoms with Gasteiger partial charge >= 0.3 is 0 Å². The van der Waals surface area contributed by atoms with Crippen LogP contribution >= 0.6 is 0 Å². The number of benzene rings is 2. The molecule has 5 heteroatoms. The van der Waals surface area contributed by atoms with Gasteiger partial charge in [-0.25, -0.2) is 4.39 Å². The molecule has 1 heterocycles. The van der Waals surface area contributed by atoms with Gasteiger partial charge in [-0.2, -0.15) is 0 Å². The largest absolute Gasteiger partial charge is 0.329 e. The predicted octanol–water partition coefficient (Wildman–Crippen LogP) is 3.33. The van der Waals surface area contributed by atoms with E-state index >= 15 is 0 Å². The summed E-state index contributed by atoms with van der Waals surface area (Å²) in [5.41, 5.74) is 2.19. The van der Waals surface area contributed by atoms with Crippen molar-refractivity contribution < 1.29 is 14.0 Å². The molecule has 0 saturated carbocycles. The zero-order valence-corrected chi connectivity index (χ0v) is 15.1. The highest BCUT2D eigenvalue weighted by molar-refractivity contribution is 6.00. The van der Waals surface area contributed by atoms with Gasteiger partial charge in [-0.3, -0.25) is 9.59 Å². The zero-order chi connectivity index (χ0) is 18.7. The maximum Gasteiger partial charge on any atom is 0.249 e. The molecular formula is C21H23FN2O2. The molecule has 0 aromatic heterocycles. The maximum atomic E-state index is 13.8. The summed E-state index contributed by atoms with van der Waals surface area (Å²) in [6, 6.07) is 14.1. The van der Waals surface area contributed by atoms with Crippen LogP contribution in [0.3, 0.4) is 0 Å². The molecule has 1 saturated heterocycles. The van der Waals surface area contributed by atoms with E-state index in [4.69, 9.17) is 0 Å². The van der Waals surface area contributed by atoms with Crippen LogP contribution < -0.4 is 4.90 Å². The minimum absolute atomic E-state index is 0.0237. The Morgan fingerprint density at radius 3 is 2.58 bits per heavy atom. The first-order valence-electron chi connectivity index (χ1n) is 8.88. The Kier molecular flexibility index (Phi) is 5.35. The summed E-state index contributed by atoms with van der Waals surface area (Å²) >= 11 is 0. The molecule has 0 bridgehead atoms. The summed E-state index contributed by atoms with van der Waals surface area (Å²) in [7, 11) is 0. The Bertz CT molecular complexity index is 807. The number of carbonyl (C=O) groups is 2. The Labute approximate surface area is 153 Å². The molecule has 0 spiro atoms. The van der Waals surface area contributed by atoms with E-state index in [1.807, 2.05) is 30.3 Å². The molecule has 1 unspecified atom stereocenters. The fourth-order valence-electron chi connectivity index (χ4n) is 3.26. The lowest BCUT2D eigenvalue weighted by molar-refractivity contribution is -0.140. The third kappa shape index (κ3) is 3.77. The van der Waals surface area contributed by atoms with E-state index in [0.29, 0.717) is 37.2 Å². The SMILES string of the molecule is Cc1ccc(N2CCN(C(=O)CCc3ccccc3)C(C)C2=O)cc1F. The van der Waals surface area contributed by atoms with Crippen LogP contribution in [0.25, 0.3) is 0 Å². The van der Waals surface area contributed by atoms with Gasteiger partial charge in [0, 0.05) is 25.2 Å². The average molecular weight is 354 g/mol. The summed E-state index contributed by atoms with van der Waals surface area (Å²) in [6.45, 7) is 4.26. The Balaban J connectivity index is 1.65. The van der Waals surface area contributed by atoms with E-state index in [1.165, 1.54) is 6.07 Å². The van der Waals surface area contributed by atoms with Crippen molar-refractivity contribution in [1.82, 2.24) is 4.90 Å². The van der Waals surface area contributed by atoms with Crippen LogP contribution in [0.5, 0.6) is 0 Å². The van der Waals surface area contributed by atoms with Crippen LogP contribution in [0.1, 0.15) is 24.5 Å². The summed E-state index contributed by atoms with van der Waals surface area (Å²) in [6.07, 6.45) is 1.03. The quantitative estimate of drug-likeness (QED) is 0.845. The fourth-order valence-corrected chi connectivity index (χ4v) is 3.26. The molecule has 1 fully saturated rings. The van der Waals surface area contributed by atoms with Gasteiger partial charge in [0.05, 0.1) is 0 Å². The van der Waals surface area contributed by atoms with Crippen molar-refractivity contribution in [3.05, 3.63) is 65.5 Å². The van der Waals surface area contributed by atoms with Gasteiger partial charge in [0.25, 0.3) is 0 Å². The van der Waals surface area contributed by atoms with Gasteiger partial charge in [0.2, 0.25) is 11.8 Å². The van der Waals surface area contributed by atoms with E-state index in [1.54, 1.807) is 35.8 Å².